The zero-order chi connectivity index (χ0) is 58.6. The van der Waals surface area contributed by atoms with Crippen LogP contribution in [0, 0.1) is 34.6 Å². The molecule has 11 aromatic rings. The second-order valence-electron chi connectivity index (χ2n) is 26.9. The molecule has 0 saturated heterocycles. The smallest absolute Gasteiger partial charge is 0.252 e. The molecule has 0 saturated carbocycles. The molecule has 3 nitrogen and oxygen atoms in total. The summed E-state index contributed by atoms with van der Waals surface area (Å²) in [6.07, 6.45) is 0. The minimum Gasteiger partial charge on any atom is -0.311 e. The Morgan fingerprint density at radius 3 is 1.24 bits per heavy atom. The minimum absolute atomic E-state index is 0.0610. The van der Waals surface area contributed by atoms with Crippen LogP contribution in [0.5, 0.6) is 0 Å². The Kier molecular flexibility index (Phi) is 11.7. The number of anilines is 9. The van der Waals surface area contributed by atoms with Crippen LogP contribution in [0.3, 0.4) is 0 Å². The Labute approximate surface area is 504 Å². The third kappa shape index (κ3) is 8.01. The van der Waals surface area contributed by atoms with Crippen LogP contribution in [0.4, 0.5) is 51.2 Å². The second-order valence-corrected chi connectivity index (χ2v) is 26.9. The molecule has 4 heteroatoms. The quantitative estimate of drug-likeness (QED) is 0.147. The summed E-state index contributed by atoms with van der Waals surface area (Å²) >= 11 is 0. The molecule has 0 bridgehead atoms. The van der Waals surface area contributed by atoms with Crippen LogP contribution in [-0.4, -0.2) is 6.71 Å². The van der Waals surface area contributed by atoms with Crippen molar-refractivity contribution in [2.24, 2.45) is 0 Å². The van der Waals surface area contributed by atoms with Crippen LogP contribution in [0.2, 0.25) is 0 Å². The standard InChI is InChI=1S/C81H72BN3/c1-49-39-74-78-75(40-49)85(58-33-36-65-63-28-20-22-30-67(63)81(11,12)69(65)47-58)73-48-59(83(60-41-50(2)76(51(3)42-60)54-23-15-13-16-24-54)61-43-52(4)77(53(5)44-61)55-25-17-14-18-26-55)34-38-71(73)82(78)70-37-31-56(79(6,7)8)45-72(70)84(74)57-32-35-64-62-27-19-21-29-66(62)80(9,10)68(64)46-57/h13-48H,1-12H3. The Morgan fingerprint density at radius 1 is 0.365 bits per heavy atom. The van der Waals surface area contributed by atoms with Gasteiger partial charge < -0.3 is 14.7 Å². The lowest BCUT2D eigenvalue weighted by atomic mass is 9.33. The van der Waals surface area contributed by atoms with Gasteiger partial charge in [-0.15, -0.1) is 0 Å². The van der Waals surface area contributed by atoms with E-state index >= 15 is 0 Å². The largest absolute Gasteiger partial charge is 0.311 e. The van der Waals surface area contributed by atoms with E-state index in [1.807, 2.05) is 0 Å². The number of hydrogen-bond donors (Lipinski definition) is 0. The van der Waals surface area contributed by atoms with E-state index in [4.69, 9.17) is 0 Å². The average Bonchev–Trinajstić information content (AvgIpc) is 1.23. The molecule has 0 fully saturated rings. The van der Waals surface area contributed by atoms with Gasteiger partial charge in [-0.25, -0.2) is 0 Å². The molecule has 4 aliphatic rings. The molecule has 85 heavy (non-hydrogen) atoms. The van der Waals surface area contributed by atoms with E-state index in [1.165, 1.54) is 145 Å². The van der Waals surface area contributed by atoms with Gasteiger partial charge >= 0.3 is 0 Å². The molecule has 0 atom stereocenters. The maximum atomic E-state index is 2.64. The summed E-state index contributed by atoms with van der Waals surface area (Å²) in [6, 6.07) is 83.8. The van der Waals surface area contributed by atoms with Crippen molar-refractivity contribution in [3.63, 3.8) is 0 Å². The predicted molar refractivity (Wildman–Crippen MR) is 364 cm³/mol. The Hall–Kier alpha value is -9.12. The summed E-state index contributed by atoms with van der Waals surface area (Å²) in [6.45, 7) is 28.0. The zero-order valence-electron chi connectivity index (χ0n) is 51.2. The maximum absolute atomic E-state index is 2.64. The molecule has 2 heterocycles. The lowest BCUT2D eigenvalue weighted by Crippen LogP contribution is -2.61. The predicted octanol–water partition coefficient (Wildman–Crippen LogP) is 20.0. The monoisotopic (exact) mass is 1100 g/mol. The number of hydrogen-bond acceptors (Lipinski definition) is 3. The van der Waals surface area contributed by atoms with E-state index in [9.17, 15) is 0 Å². The first kappa shape index (κ1) is 52.7. The average molecular weight is 1100 g/mol. The van der Waals surface area contributed by atoms with Gasteiger partial charge in [0, 0.05) is 62.0 Å². The van der Waals surface area contributed by atoms with Gasteiger partial charge in [-0.1, -0.05) is 188 Å². The van der Waals surface area contributed by atoms with Crippen LogP contribution in [0.25, 0.3) is 44.5 Å². The molecular formula is C81H72BN3. The molecule has 15 rings (SSSR count). The van der Waals surface area contributed by atoms with Crippen LogP contribution in [0.1, 0.15) is 104 Å². The lowest BCUT2D eigenvalue weighted by Gasteiger charge is -2.45. The highest BCUT2D eigenvalue weighted by atomic mass is 15.2. The fourth-order valence-electron chi connectivity index (χ4n) is 15.6. The van der Waals surface area contributed by atoms with Gasteiger partial charge in [0.05, 0.1) is 0 Å². The van der Waals surface area contributed by atoms with Gasteiger partial charge in [0.15, 0.2) is 0 Å². The fourth-order valence-corrected chi connectivity index (χ4v) is 15.6. The first-order valence-electron chi connectivity index (χ1n) is 30.5. The SMILES string of the molecule is Cc1cc2c3c(c1)N(c1ccc4c(c1)C(C)(C)c1ccccc1-4)c1cc(C(C)(C)C)ccc1B3c1ccc(N(c3cc(C)c(-c4ccccc4)c(C)c3)c3cc(C)c(-c4ccccc4)c(C)c3)cc1N2c1ccc2c(c1)C(C)(C)c1ccccc1-2. The fraction of sp³-hybridized carbons (Fsp3) is 0.185. The Morgan fingerprint density at radius 2 is 0.776 bits per heavy atom. The van der Waals surface area contributed by atoms with Crippen molar-refractivity contribution in [3.05, 3.63) is 274 Å². The number of aryl methyl sites for hydroxylation is 5. The Balaban J connectivity index is 0.995. The number of benzene rings is 11. The molecule has 0 aromatic heterocycles. The van der Waals surface area contributed by atoms with Gasteiger partial charge in [0.2, 0.25) is 0 Å². The first-order valence-corrected chi connectivity index (χ1v) is 30.5. The second kappa shape index (κ2) is 18.9. The van der Waals surface area contributed by atoms with Gasteiger partial charge in [-0.3, -0.25) is 0 Å². The Bertz CT molecular complexity index is 4450. The van der Waals surface area contributed by atoms with Crippen molar-refractivity contribution in [3.8, 4) is 44.5 Å². The molecule has 0 spiro atoms. The molecule has 2 aliphatic heterocycles. The number of fused-ring (bicyclic) bond motifs is 10. The first-order chi connectivity index (χ1) is 40.9. The summed E-state index contributed by atoms with van der Waals surface area (Å²) in [4.78, 5) is 7.79. The topological polar surface area (TPSA) is 9.72 Å². The summed E-state index contributed by atoms with van der Waals surface area (Å²) < 4.78 is 0. The highest BCUT2D eigenvalue weighted by Gasteiger charge is 2.46. The van der Waals surface area contributed by atoms with Crippen LogP contribution < -0.4 is 31.1 Å². The summed E-state index contributed by atoms with van der Waals surface area (Å²) in [7, 11) is 0. The molecule has 0 amide bonds. The molecular weight excluding hydrogens is 1030 g/mol. The van der Waals surface area contributed by atoms with E-state index < -0.39 is 0 Å². The third-order valence-corrected chi connectivity index (χ3v) is 19.7. The van der Waals surface area contributed by atoms with Crippen molar-refractivity contribution in [1.82, 2.24) is 0 Å². The normalized spacial score (nSPS) is 14.5. The van der Waals surface area contributed by atoms with Gasteiger partial charge in [-0.2, -0.15) is 0 Å². The van der Waals surface area contributed by atoms with E-state index in [0.29, 0.717) is 0 Å². The van der Waals surface area contributed by atoms with Crippen LogP contribution in [-0.2, 0) is 16.2 Å². The minimum atomic E-state index is -0.196. The number of nitrogens with zero attached hydrogens (tertiary/aromatic N) is 3. The van der Waals surface area contributed by atoms with Gasteiger partial charge in [-0.05, 0) is 235 Å². The van der Waals surface area contributed by atoms with Crippen molar-refractivity contribution >= 4 is 74.3 Å². The molecule has 414 valence electrons. The maximum Gasteiger partial charge on any atom is 0.252 e. The van der Waals surface area contributed by atoms with Crippen molar-refractivity contribution in [2.75, 3.05) is 14.7 Å². The zero-order valence-corrected chi connectivity index (χ0v) is 51.2. The molecule has 11 aromatic carbocycles. The summed E-state index contributed by atoms with van der Waals surface area (Å²) in [5.41, 5.74) is 37.4. The van der Waals surface area contributed by atoms with Crippen molar-refractivity contribution < 1.29 is 0 Å². The summed E-state index contributed by atoms with van der Waals surface area (Å²) in [5, 5.41) is 0. The van der Waals surface area contributed by atoms with Crippen LogP contribution in [0.15, 0.2) is 218 Å². The van der Waals surface area contributed by atoms with E-state index in [0.717, 1.165) is 22.7 Å². The van der Waals surface area contributed by atoms with Crippen LogP contribution >= 0.6 is 0 Å². The van der Waals surface area contributed by atoms with Gasteiger partial charge in [0.1, 0.15) is 0 Å². The summed E-state index contributed by atoms with van der Waals surface area (Å²) in [5.74, 6) is 0. The van der Waals surface area contributed by atoms with Crippen molar-refractivity contribution in [2.45, 2.75) is 99.3 Å². The van der Waals surface area contributed by atoms with E-state index in [2.05, 4.69) is 316 Å². The highest BCUT2D eigenvalue weighted by molar-refractivity contribution is 7.00. The molecule has 0 unspecified atom stereocenters. The van der Waals surface area contributed by atoms with Crippen molar-refractivity contribution in [1.29, 1.82) is 0 Å². The highest BCUT2D eigenvalue weighted by Crippen LogP contribution is 2.55. The molecule has 2 aliphatic carbocycles. The van der Waals surface area contributed by atoms with E-state index in [1.54, 1.807) is 0 Å². The lowest BCUT2D eigenvalue weighted by molar-refractivity contribution is 0.590. The third-order valence-electron chi connectivity index (χ3n) is 19.7. The van der Waals surface area contributed by atoms with Gasteiger partial charge in [0.25, 0.3) is 6.71 Å². The molecule has 0 N–H and O–H groups in total. The van der Waals surface area contributed by atoms with E-state index in [-0.39, 0.29) is 23.0 Å². The molecule has 0 radical (unpaired) electrons. The number of rotatable bonds is 7.